The van der Waals surface area contributed by atoms with Gasteiger partial charge in [-0.25, -0.2) is 9.59 Å². The summed E-state index contributed by atoms with van der Waals surface area (Å²) in [7, 11) is 0. The fraction of sp³-hybridized carbons (Fsp3) is 0.0833. The smallest absolute Gasteiger partial charge is 0.318 e. The SMILES string of the molecule is CC(=O)O/N=C(/c1ccccc1)c1cccc(N(c2ccc(/C(=N\OC(C)=O)c3ccccc3)c(SCCc3ccccc3)c2)c2cccc3ccccc23)c1. The van der Waals surface area contributed by atoms with Crippen LogP contribution in [0.3, 0.4) is 0 Å². The predicted molar refractivity (Wildman–Crippen MR) is 227 cm³/mol. The van der Waals surface area contributed by atoms with Crippen LogP contribution in [-0.4, -0.2) is 29.1 Å². The highest BCUT2D eigenvalue weighted by molar-refractivity contribution is 7.99. The van der Waals surface area contributed by atoms with Gasteiger partial charge in [0.05, 0.1) is 5.69 Å². The van der Waals surface area contributed by atoms with E-state index < -0.39 is 11.9 Å². The van der Waals surface area contributed by atoms with Crippen molar-refractivity contribution in [2.75, 3.05) is 10.7 Å². The van der Waals surface area contributed by atoms with Gasteiger partial charge < -0.3 is 14.6 Å². The summed E-state index contributed by atoms with van der Waals surface area (Å²) in [5.41, 5.74) is 8.33. The van der Waals surface area contributed by atoms with Crippen LogP contribution in [0.4, 0.5) is 17.1 Å². The second-order valence-corrected chi connectivity index (χ2v) is 14.1. The molecule has 0 aliphatic rings. The van der Waals surface area contributed by atoms with Gasteiger partial charge in [-0.1, -0.05) is 150 Å². The lowest BCUT2D eigenvalue weighted by atomic mass is 10.00. The number of carbonyl (C=O) groups is 2. The molecule has 7 aromatic carbocycles. The minimum atomic E-state index is -0.503. The Kier molecular flexibility index (Phi) is 12.1. The molecular weight excluding hydrogens is 715 g/mol. The molecule has 7 aromatic rings. The first-order valence-electron chi connectivity index (χ1n) is 18.3. The molecule has 0 spiro atoms. The number of aryl methyl sites for hydroxylation is 1. The first kappa shape index (κ1) is 37.5. The number of thioether (sulfide) groups is 1. The van der Waals surface area contributed by atoms with Gasteiger partial charge in [-0.3, -0.25) is 0 Å². The van der Waals surface area contributed by atoms with Crippen molar-refractivity contribution >= 4 is 63.0 Å². The van der Waals surface area contributed by atoms with Crippen LogP contribution in [0, 0.1) is 0 Å². The number of oxime groups is 2. The van der Waals surface area contributed by atoms with Gasteiger partial charge in [0, 0.05) is 63.5 Å². The molecule has 0 saturated carbocycles. The number of anilines is 3. The Labute approximate surface area is 330 Å². The van der Waals surface area contributed by atoms with Crippen molar-refractivity contribution < 1.29 is 19.3 Å². The van der Waals surface area contributed by atoms with Gasteiger partial charge in [-0.15, -0.1) is 11.8 Å². The topological polar surface area (TPSA) is 80.6 Å². The third kappa shape index (κ3) is 9.12. The molecule has 0 bridgehead atoms. The van der Waals surface area contributed by atoms with E-state index in [4.69, 9.17) is 9.68 Å². The highest BCUT2D eigenvalue weighted by Gasteiger charge is 2.21. The van der Waals surface area contributed by atoms with E-state index in [2.05, 4.69) is 100 Å². The minimum absolute atomic E-state index is 0.498. The number of hydrogen-bond acceptors (Lipinski definition) is 8. The molecule has 0 aromatic heterocycles. The summed E-state index contributed by atoms with van der Waals surface area (Å²) < 4.78 is 0. The average molecular weight is 754 g/mol. The Balaban J connectivity index is 1.41. The summed E-state index contributed by atoms with van der Waals surface area (Å²) in [6.45, 7) is 2.69. The van der Waals surface area contributed by atoms with E-state index in [1.165, 1.54) is 19.4 Å². The van der Waals surface area contributed by atoms with Crippen LogP contribution in [0.2, 0.25) is 0 Å². The summed E-state index contributed by atoms with van der Waals surface area (Å²) in [6.07, 6.45) is 0.857. The van der Waals surface area contributed by atoms with Gasteiger partial charge >= 0.3 is 11.9 Å². The predicted octanol–water partition coefficient (Wildman–Crippen LogP) is 11.3. The van der Waals surface area contributed by atoms with Crippen LogP contribution in [0.15, 0.2) is 191 Å². The molecule has 0 unspecified atom stereocenters. The van der Waals surface area contributed by atoms with Gasteiger partial charge in [-0.05, 0) is 53.8 Å². The monoisotopic (exact) mass is 753 g/mol. The molecule has 0 heterocycles. The highest BCUT2D eigenvalue weighted by atomic mass is 32.2. The normalized spacial score (nSPS) is 11.6. The van der Waals surface area contributed by atoms with E-state index in [1.54, 1.807) is 11.8 Å². The number of hydrogen-bond donors (Lipinski definition) is 0. The van der Waals surface area contributed by atoms with Crippen LogP contribution in [0.1, 0.15) is 41.7 Å². The minimum Gasteiger partial charge on any atom is -0.318 e. The van der Waals surface area contributed by atoms with Crippen molar-refractivity contribution in [1.29, 1.82) is 0 Å². The first-order chi connectivity index (χ1) is 27.4. The van der Waals surface area contributed by atoms with Gasteiger partial charge in [-0.2, -0.15) is 0 Å². The number of carbonyl (C=O) groups excluding carboxylic acids is 2. The van der Waals surface area contributed by atoms with E-state index in [9.17, 15) is 9.59 Å². The van der Waals surface area contributed by atoms with Crippen molar-refractivity contribution in [1.82, 2.24) is 0 Å². The summed E-state index contributed by atoms with van der Waals surface area (Å²) in [5, 5.41) is 10.9. The molecule has 0 aliphatic heterocycles. The zero-order valence-electron chi connectivity index (χ0n) is 31.0. The molecule has 7 nitrogen and oxygen atoms in total. The van der Waals surface area contributed by atoms with Crippen molar-refractivity contribution in [3.63, 3.8) is 0 Å². The van der Waals surface area contributed by atoms with E-state index in [0.717, 1.165) is 67.2 Å². The summed E-state index contributed by atoms with van der Waals surface area (Å²) in [5.74, 6) is -0.202. The zero-order chi connectivity index (χ0) is 38.7. The number of rotatable bonds is 13. The molecule has 0 aliphatic carbocycles. The molecule has 0 amide bonds. The van der Waals surface area contributed by atoms with Crippen LogP contribution >= 0.6 is 11.8 Å². The number of nitrogens with zero attached hydrogens (tertiary/aromatic N) is 3. The highest BCUT2D eigenvalue weighted by Crippen LogP contribution is 2.41. The Morgan fingerprint density at radius 2 is 1.11 bits per heavy atom. The maximum atomic E-state index is 12.1. The standard InChI is InChI=1S/C48H39N3O4S/c1-34(52)54-49-47(38-19-8-4-9-20-38)40-24-14-25-41(32-40)51(45-27-15-23-37-18-12-13-26-43(37)45)42-28-29-44(46(33-42)56-31-30-36-16-6-3-7-17-36)48(50-55-35(2)53)39-21-10-5-11-22-39/h3-29,32-33H,30-31H2,1-2H3/b49-47-,50-48-. The number of benzene rings is 7. The van der Waals surface area contributed by atoms with Crippen molar-refractivity contribution in [3.05, 3.63) is 204 Å². The quantitative estimate of drug-likeness (QED) is 0.0505. The zero-order valence-corrected chi connectivity index (χ0v) is 31.9. The molecule has 0 saturated heterocycles. The second kappa shape index (κ2) is 18.0. The third-order valence-electron chi connectivity index (χ3n) is 8.98. The Morgan fingerprint density at radius 1 is 0.554 bits per heavy atom. The molecule has 56 heavy (non-hydrogen) atoms. The van der Waals surface area contributed by atoms with E-state index in [0.29, 0.717) is 11.4 Å². The second-order valence-electron chi connectivity index (χ2n) is 12.9. The van der Waals surface area contributed by atoms with E-state index in [1.807, 2.05) is 91.0 Å². The Bertz CT molecular complexity index is 2520. The summed E-state index contributed by atoms with van der Waals surface area (Å²) >= 11 is 1.72. The average Bonchev–Trinajstić information content (AvgIpc) is 3.23. The van der Waals surface area contributed by atoms with Crippen molar-refractivity contribution in [3.8, 4) is 0 Å². The lowest BCUT2D eigenvalue weighted by molar-refractivity contribution is -0.141. The number of fused-ring (bicyclic) bond motifs is 1. The van der Waals surface area contributed by atoms with Gasteiger partial charge in [0.15, 0.2) is 0 Å². The van der Waals surface area contributed by atoms with Gasteiger partial charge in [0.1, 0.15) is 11.4 Å². The maximum absolute atomic E-state index is 12.1. The van der Waals surface area contributed by atoms with E-state index >= 15 is 0 Å². The molecular formula is C48H39N3O4S. The van der Waals surface area contributed by atoms with Crippen LogP contribution in [0.25, 0.3) is 10.8 Å². The molecule has 276 valence electrons. The first-order valence-corrected chi connectivity index (χ1v) is 19.2. The van der Waals surface area contributed by atoms with Crippen molar-refractivity contribution in [2.45, 2.75) is 25.2 Å². The van der Waals surface area contributed by atoms with Gasteiger partial charge in [0.25, 0.3) is 0 Å². The van der Waals surface area contributed by atoms with E-state index in [-0.39, 0.29) is 0 Å². The van der Waals surface area contributed by atoms with Crippen LogP contribution in [0.5, 0.6) is 0 Å². The van der Waals surface area contributed by atoms with Crippen molar-refractivity contribution in [2.24, 2.45) is 10.3 Å². The molecule has 0 fully saturated rings. The third-order valence-corrected chi connectivity index (χ3v) is 10.0. The molecule has 0 atom stereocenters. The lowest BCUT2D eigenvalue weighted by Crippen LogP contribution is -2.14. The summed E-state index contributed by atoms with van der Waals surface area (Å²) in [4.78, 5) is 37.7. The molecule has 8 heteroatoms. The Morgan fingerprint density at radius 3 is 1.80 bits per heavy atom. The van der Waals surface area contributed by atoms with Gasteiger partial charge in [0.2, 0.25) is 0 Å². The molecule has 0 N–H and O–H groups in total. The van der Waals surface area contributed by atoms with Crippen LogP contribution in [-0.2, 0) is 25.7 Å². The fourth-order valence-corrected chi connectivity index (χ4v) is 7.53. The molecule has 7 rings (SSSR count). The molecule has 0 radical (unpaired) electrons. The largest absolute Gasteiger partial charge is 0.332 e. The lowest BCUT2D eigenvalue weighted by Gasteiger charge is -2.28. The van der Waals surface area contributed by atoms with Crippen LogP contribution < -0.4 is 4.90 Å². The fourth-order valence-electron chi connectivity index (χ4n) is 6.45. The maximum Gasteiger partial charge on any atom is 0.332 e. The summed E-state index contributed by atoms with van der Waals surface area (Å²) in [6, 6.07) is 58.8. The Hall–Kier alpha value is -6.77.